The summed E-state index contributed by atoms with van der Waals surface area (Å²) in [5, 5.41) is 16.9. The van der Waals surface area contributed by atoms with Crippen molar-refractivity contribution in [2.75, 3.05) is 32.7 Å². The molecule has 0 radical (unpaired) electrons. The van der Waals surface area contributed by atoms with Crippen LogP contribution in [0.3, 0.4) is 0 Å². The second kappa shape index (κ2) is 7.34. The Morgan fingerprint density at radius 3 is 2.66 bits per heavy atom. The number of aliphatic hydroxyl groups is 1. The van der Waals surface area contributed by atoms with Gasteiger partial charge in [0.15, 0.2) is 0 Å². The number of hydrogen-bond acceptors (Lipinski definition) is 4. The van der Waals surface area contributed by atoms with Crippen LogP contribution in [0.15, 0.2) is 0 Å². The number of nitrogens with zero attached hydrogens (tertiary/aromatic N) is 2. The smallest absolute Gasteiger partial charge is 0.320 e. The number of piperidine rings is 2. The van der Waals surface area contributed by atoms with Gasteiger partial charge in [0.05, 0.1) is 11.5 Å². The number of likely N-dealkylation sites (tertiary alicyclic amines) is 2. The molecule has 32 heavy (non-hydrogen) atoms. The van der Waals surface area contributed by atoms with Crippen LogP contribution in [0.1, 0.15) is 57.8 Å². The molecule has 3 N–H and O–H groups in total. The summed E-state index contributed by atoms with van der Waals surface area (Å²) in [7, 11) is 0. The number of rotatable bonds is 2. The average Bonchev–Trinajstić information content (AvgIpc) is 3.35. The molecule has 176 valence electrons. The van der Waals surface area contributed by atoms with Crippen molar-refractivity contribution < 1.29 is 19.5 Å². The zero-order valence-electron chi connectivity index (χ0n) is 18.9. The number of urea groups is 1. The van der Waals surface area contributed by atoms with Crippen molar-refractivity contribution in [2.24, 2.45) is 28.6 Å². The Balaban J connectivity index is 1.05. The molecular weight excluding hydrogens is 408 g/mol. The van der Waals surface area contributed by atoms with Crippen LogP contribution >= 0.6 is 0 Å². The normalized spacial score (nSPS) is 41.9. The summed E-state index contributed by atoms with van der Waals surface area (Å²) in [6.45, 7) is 3.45. The van der Waals surface area contributed by atoms with E-state index in [1.165, 1.54) is 0 Å². The Morgan fingerprint density at radius 2 is 1.91 bits per heavy atom. The molecule has 5 unspecified atom stereocenters. The van der Waals surface area contributed by atoms with Gasteiger partial charge in [0.25, 0.3) is 0 Å². The van der Waals surface area contributed by atoms with Crippen LogP contribution in [0.5, 0.6) is 0 Å². The maximum absolute atomic E-state index is 13.4. The highest BCUT2D eigenvalue weighted by Gasteiger charge is 2.65. The first-order chi connectivity index (χ1) is 15.4. The van der Waals surface area contributed by atoms with Crippen LogP contribution < -0.4 is 10.6 Å². The van der Waals surface area contributed by atoms with Gasteiger partial charge in [0.2, 0.25) is 11.8 Å². The molecule has 3 saturated heterocycles. The van der Waals surface area contributed by atoms with Gasteiger partial charge in [-0.05, 0) is 74.5 Å². The molecule has 1 spiro atoms. The predicted molar refractivity (Wildman–Crippen MR) is 116 cm³/mol. The van der Waals surface area contributed by atoms with Crippen LogP contribution in [0, 0.1) is 28.6 Å². The summed E-state index contributed by atoms with van der Waals surface area (Å²) in [5.74, 6) is 1.30. The zero-order valence-corrected chi connectivity index (χ0v) is 18.9. The van der Waals surface area contributed by atoms with Crippen LogP contribution in [0.2, 0.25) is 0 Å². The lowest BCUT2D eigenvalue weighted by Crippen LogP contribution is -2.56. The van der Waals surface area contributed by atoms with E-state index < -0.39 is 0 Å². The number of carbonyl (C=O) groups excluding carboxylic acids is 3. The monoisotopic (exact) mass is 444 g/mol. The molecule has 0 aromatic carbocycles. The minimum absolute atomic E-state index is 0.00215. The largest absolute Gasteiger partial charge is 0.393 e. The van der Waals surface area contributed by atoms with Crippen molar-refractivity contribution in [1.82, 2.24) is 20.4 Å². The molecule has 7 rings (SSSR count). The van der Waals surface area contributed by atoms with Crippen molar-refractivity contribution in [3.8, 4) is 0 Å². The summed E-state index contributed by atoms with van der Waals surface area (Å²) in [4.78, 5) is 42.1. The van der Waals surface area contributed by atoms with Crippen LogP contribution in [0.25, 0.3) is 0 Å². The number of hydrogen-bond donors (Lipinski definition) is 3. The third-order valence-corrected chi connectivity index (χ3v) is 9.88. The van der Waals surface area contributed by atoms with E-state index >= 15 is 0 Å². The summed E-state index contributed by atoms with van der Waals surface area (Å²) < 4.78 is 0. The average molecular weight is 445 g/mol. The van der Waals surface area contributed by atoms with Gasteiger partial charge < -0.3 is 25.5 Å². The SMILES string of the molecule is O=C1CC2(CCN(C(=O)N3CCC[C@H](NC(=O)C45CC6CC(C4)C(O)C5C6)C3)CC2)CN1. The van der Waals surface area contributed by atoms with Gasteiger partial charge >= 0.3 is 6.03 Å². The summed E-state index contributed by atoms with van der Waals surface area (Å²) in [6, 6.07) is 0.0724. The number of amides is 4. The minimum Gasteiger partial charge on any atom is -0.393 e. The van der Waals surface area contributed by atoms with E-state index in [1.807, 2.05) is 9.80 Å². The Bertz CT molecular complexity index is 825. The highest BCUT2D eigenvalue weighted by molar-refractivity contribution is 5.85. The van der Waals surface area contributed by atoms with Crippen molar-refractivity contribution in [3.63, 3.8) is 0 Å². The number of carbonyl (C=O) groups is 3. The molecule has 7 fully saturated rings. The van der Waals surface area contributed by atoms with E-state index in [-0.39, 0.29) is 46.7 Å². The fourth-order valence-electron chi connectivity index (χ4n) is 8.21. The third kappa shape index (κ3) is 3.16. The Kier molecular flexibility index (Phi) is 4.76. The molecule has 4 saturated carbocycles. The molecule has 7 aliphatic rings. The molecule has 3 heterocycles. The summed E-state index contributed by atoms with van der Waals surface area (Å²) in [5.41, 5.74) is -0.330. The second-order valence-corrected chi connectivity index (χ2v) is 11.7. The van der Waals surface area contributed by atoms with Gasteiger partial charge in [0.1, 0.15) is 0 Å². The van der Waals surface area contributed by atoms with Crippen molar-refractivity contribution >= 4 is 17.8 Å². The predicted octanol–water partition coefficient (Wildman–Crippen LogP) is 1.09. The first-order valence-corrected chi connectivity index (χ1v) is 12.7. The minimum atomic E-state index is -0.368. The Morgan fingerprint density at radius 1 is 1.09 bits per heavy atom. The Hall–Kier alpha value is -1.83. The van der Waals surface area contributed by atoms with Gasteiger partial charge in [-0.25, -0.2) is 4.79 Å². The maximum Gasteiger partial charge on any atom is 0.320 e. The van der Waals surface area contributed by atoms with Gasteiger partial charge in [-0.1, -0.05) is 0 Å². The highest BCUT2D eigenvalue weighted by Crippen LogP contribution is 2.65. The van der Waals surface area contributed by atoms with Crippen LogP contribution in [-0.4, -0.2) is 77.6 Å². The van der Waals surface area contributed by atoms with E-state index in [1.54, 1.807) is 0 Å². The van der Waals surface area contributed by atoms with E-state index in [0.717, 1.165) is 64.5 Å². The first kappa shape index (κ1) is 20.8. The molecule has 4 amide bonds. The first-order valence-electron chi connectivity index (χ1n) is 12.7. The standard InChI is InChI=1S/C24H36N4O4/c29-19-12-23(14-25-19)3-6-27(7-4-23)22(32)28-5-1-2-17(13-28)26-21(31)24-10-15-8-16(11-24)20(30)18(24)9-15/h15-18,20,30H,1-14H2,(H,25,29)(H,26,31)/t15?,16?,17-,18?,20?,24?/m0/s1. The molecular formula is C24H36N4O4. The topological polar surface area (TPSA) is 102 Å². The molecule has 0 aromatic rings. The van der Waals surface area contributed by atoms with E-state index in [0.29, 0.717) is 37.9 Å². The lowest BCUT2D eigenvalue weighted by Gasteiger charge is -2.42. The lowest BCUT2D eigenvalue weighted by atomic mass is 9.74. The van der Waals surface area contributed by atoms with Crippen molar-refractivity contribution in [2.45, 2.75) is 69.9 Å². The Labute approximate surface area is 189 Å². The molecule has 4 bridgehead atoms. The lowest BCUT2D eigenvalue weighted by molar-refractivity contribution is -0.134. The van der Waals surface area contributed by atoms with Crippen molar-refractivity contribution in [1.29, 1.82) is 0 Å². The highest BCUT2D eigenvalue weighted by atomic mass is 16.3. The van der Waals surface area contributed by atoms with E-state index in [9.17, 15) is 19.5 Å². The third-order valence-electron chi connectivity index (χ3n) is 9.88. The molecule has 6 atom stereocenters. The van der Waals surface area contributed by atoms with Gasteiger partial charge in [-0.2, -0.15) is 0 Å². The van der Waals surface area contributed by atoms with Gasteiger partial charge in [-0.15, -0.1) is 0 Å². The summed E-state index contributed by atoms with van der Waals surface area (Å²) >= 11 is 0. The molecule has 3 aliphatic heterocycles. The zero-order chi connectivity index (χ0) is 22.1. The van der Waals surface area contributed by atoms with Crippen LogP contribution in [0.4, 0.5) is 4.79 Å². The number of nitrogens with one attached hydrogen (secondary N) is 2. The molecule has 8 heteroatoms. The van der Waals surface area contributed by atoms with E-state index in [2.05, 4.69) is 10.6 Å². The number of aliphatic hydroxyl groups excluding tert-OH is 1. The van der Waals surface area contributed by atoms with Gasteiger partial charge in [0, 0.05) is 45.2 Å². The fourth-order valence-corrected chi connectivity index (χ4v) is 8.21. The molecule has 4 aliphatic carbocycles. The van der Waals surface area contributed by atoms with E-state index in [4.69, 9.17) is 0 Å². The van der Waals surface area contributed by atoms with Crippen molar-refractivity contribution in [3.05, 3.63) is 0 Å². The van der Waals surface area contributed by atoms with Gasteiger partial charge in [-0.3, -0.25) is 9.59 Å². The molecule has 0 aromatic heterocycles. The van der Waals surface area contributed by atoms with Crippen LogP contribution in [-0.2, 0) is 9.59 Å². The summed E-state index contributed by atoms with van der Waals surface area (Å²) in [6.07, 6.45) is 7.68. The quantitative estimate of drug-likeness (QED) is 0.593. The maximum atomic E-state index is 13.4. The second-order valence-electron chi connectivity index (χ2n) is 11.7. The molecule has 8 nitrogen and oxygen atoms in total. The fraction of sp³-hybridized carbons (Fsp3) is 0.875.